The Kier molecular flexibility index (Phi) is 8.49. The molecule has 162 valence electrons. The number of benzene rings is 1. The van der Waals surface area contributed by atoms with E-state index < -0.39 is 10.0 Å². The smallest absolute Gasteiger partial charge is 0.223 e. The lowest BCUT2D eigenvalue weighted by Crippen LogP contribution is -2.44. The first kappa shape index (κ1) is 22.7. The molecule has 3 rings (SSSR count). The largest absolute Gasteiger partial charge is 0.379 e. The number of sulfonamides is 1. The lowest BCUT2D eigenvalue weighted by atomic mass is 9.97. The van der Waals surface area contributed by atoms with E-state index in [9.17, 15) is 13.2 Å². The molecule has 7 nitrogen and oxygen atoms in total. The summed E-state index contributed by atoms with van der Waals surface area (Å²) in [6.07, 6.45) is 2.08. The van der Waals surface area contributed by atoms with Crippen LogP contribution in [0.1, 0.15) is 24.8 Å². The summed E-state index contributed by atoms with van der Waals surface area (Å²) in [6, 6.07) is 7.36. The molecule has 0 atom stereocenters. The van der Waals surface area contributed by atoms with Crippen molar-refractivity contribution in [1.82, 2.24) is 14.5 Å². The molecule has 2 aliphatic heterocycles. The van der Waals surface area contributed by atoms with Gasteiger partial charge in [-0.1, -0.05) is 28.1 Å². The predicted molar refractivity (Wildman–Crippen MR) is 116 cm³/mol. The zero-order valence-corrected chi connectivity index (χ0v) is 19.1. The number of carbonyl (C=O) groups excluding carboxylic acids is 1. The Morgan fingerprint density at radius 2 is 1.90 bits per heavy atom. The molecule has 2 saturated heterocycles. The summed E-state index contributed by atoms with van der Waals surface area (Å²) in [6.45, 7) is 5.93. The zero-order chi connectivity index (χ0) is 20.7. The maximum atomic E-state index is 12.7. The van der Waals surface area contributed by atoms with E-state index in [0.29, 0.717) is 32.5 Å². The SMILES string of the molecule is O=C(NCCCN1CCOCC1)C1CCN(S(=O)(=O)Cc2cccc(Br)c2)CC1. The van der Waals surface area contributed by atoms with E-state index >= 15 is 0 Å². The number of hydrogen-bond donors (Lipinski definition) is 1. The number of piperidine rings is 1. The second-order valence-corrected chi connectivity index (χ2v) is 10.5. The molecule has 0 aliphatic carbocycles. The van der Waals surface area contributed by atoms with E-state index in [4.69, 9.17) is 4.74 Å². The molecule has 1 aromatic rings. The van der Waals surface area contributed by atoms with Crippen molar-refractivity contribution in [1.29, 1.82) is 0 Å². The highest BCUT2D eigenvalue weighted by Gasteiger charge is 2.31. The van der Waals surface area contributed by atoms with Crippen LogP contribution in [0.3, 0.4) is 0 Å². The predicted octanol–water partition coefficient (Wildman–Crippen LogP) is 1.83. The summed E-state index contributed by atoms with van der Waals surface area (Å²) < 4.78 is 33.1. The number of amides is 1. The lowest BCUT2D eigenvalue weighted by Gasteiger charge is -2.30. The van der Waals surface area contributed by atoms with Gasteiger partial charge in [0.15, 0.2) is 0 Å². The Hall–Kier alpha value is -1.00. The number of nitrogens with zero attached hydrogens (tertiary/aromatic N) is 2. The van der Waals surface area contributed by atoms with Crippen LogP contribution in [-0.2, 0) is 25.3 Å². The summed E-state index contributed by atoms with van der Waals surface area (Å²) >= 11 is 3.38. The van der Waals surface area contributed by atoms with Crippen LogP contribution < -0.4 is 5.32 Å². The molecule has 0 saturated carbocycles. The summed E-state index contributed by atoms with van der Waals surface area (Å²) in [7, 11) is -3.37. The molecule has 0 radical (unpaired) electrons. The van der Waals surface area contributed by atoms with Gasteiger partial charge in [-0.2, -0.15) is 0 Å². The van der Waals surface area contributed by atoms with Crippen molar-refractivity contribution >= 4 is 31.9 Å². The quantitative estimate of drug-likeness (QED) is 0.565. The Morgan fingerprint density at radius 3 is 2.59 bits per heavy atom. The van der Waals surface area contributed by atoms with E-state index in [1.807, 2.05) is 24.3 Å². The second-order valence-electron chi connectivity index (χ2n) is 7.66. The fourth-order valence-corrected chi connectivity index (χ4v) is 5.81. The van der Waals surface area contributed by atoms with Crippen molar-refractivity contribution in [2.45, 2.75) is 25.0 Å². The van der Waals surface area contributed by atoms with Crippen molar-refractivity contribution in [2.75, 3.05) is 52.5 Å². The van der Waals surface area contributed by atoms with Crippen LogP contribution in [0, 0.1) is 5.92 Å². The number of hydrogen-bond acceptors (Lipinski definition) is 5. The van der Waals surface area contributed by atoms with Crippen LogP contribution in [0.15, 0.2) is 28.7 Å². The molecule has 1 aromatic carbocycles. The lowest BCUT2D eigenvalue weighted by molar-refractivity contribution is -0.126. The number of rotatable bonds is 8. The number of nitrogens with one attached hydrogen (secondary N) is 1. The molecule has 2 heterocycles. The standard InChI is InChI=1S/C20H30BrN3O4S/c21-19-4-1-3-17(15-19)16-29(26,27)24-9-5-18(6-10-24)20(25)22-7-2-8-23-11-13-28-14-12-23/h1,3-4,15,18H,2,5-14,16H2,(H,22,25). The average Bonchev–Trinajstić information content (AvgIpc) is 2.71. The molecular formula is C20H30BrN3O4S. The fraction of sp³-hybridized carbons (Fsp3) is 0.650. The summed E-state index contributed by atoms with van der Waals surface area (Å²) in [5, 5.41) is 3.02. The Labute approximate surface area is 182 Å². The first-order valence-electron chi connectivity index (χ1n) is 10.2. The second kappa shape index (κ2) is 10.9. The minimum absolute atomic E-state index is 0.00908. The van der Waals surface area contributed by atoms with E-state index in [1.54, 1.807) is 0 Å². The van der Waals surface area contributed by atoms with Crippen LogP contribution in [0.25, 0.3) is 0 Å². The minimum atomic E-state index is -3.37. The van der Waals surface area contributed by atoms with Gasteiger partial charge in [-0.05, 0) is 43.5 Å². The molecule has 2 aliphatic rings. The molecule has 0 aromatic heterocycles. The molecule has 0 spiro atoms. The highest BCUT2D eigenvalue weighted by Crippen LogP contribution is 2.22. The van der Waals surface area contributed by atoms with Crippen LogP contribution in [0.5, 0.6) is 0 Å². The van der Waals surface area contributed by atoms with Gasteiger partial charge in [0, 0.05) is 43.1 Å². The van der Waals surface area contributed by atoms with E-state index in [0.717, 1.165) is 49.3 Å². The van der Waals surface area contributed by atoms with Crippen molar-refractivity contribution < 1.29 is 17.9 Å². The van der Waals surface area contributed by atoms with E-state index in [2.05, 4.69) is 26.1 Å². The molecular weight excluding hydrogens is 458 g/mol. The Bertz CT molecular complexity index is 776. The third-order valence-corrected chi connectivity index (χ3v) is 7.85. The van der Waals surface area contributed by atoms with Crippen molar-refractivity contribution in [3.63, 3.8) is 0 Å². The Balaban J connectivity index is 1.38. The molecule has 2 fully saturated rings. The van der Waals surface area contributed by atoms with Gasteiger partial charge < -0.3 is 10.1 Å². The topological polar surface area (TPSA) is 79.0 Å². The number of carbonyl (C=O) groups is 1. The van der Waals surface area contributed by atoms with Gasteiger partial charge in [0.1, 0.15) is 0 Å². The van der Waals surface area contributed by atoms with Crippen molar-refractivity contribution in [3.8, 4) is 0 Å². The first-order chi connectivity index (χ1) is 13.9. The number of halogens is 1. The summed E-state index contributed by atoms with van der Waals surface area (Å²) in [4.78, 5) is 14.8. The van der Waals surface area contributed by atoms with Gasteiger partial charge >= 0.3 is 0 Å². The average molecular weight is 488 g/mol. The number of morpholine rings is 1. The molecule has 1 amide bonds. The molecule has 0 bridgehead atoms. The maximum absolute atomic E-state index is 12.7. The fourth-order valence-electron chi connectivity index (χ4n) is 3.81. The van der Waals surface area contributed by atoms with Crippen molar-refractivity contribution in [2.24, 2.45) is 5.92 Å². The number of ether oxygens (including phenoxy) is 1. The molecule has 9 heteroatoms. The minimum Gasteiger partial charge on any atom is -0.379 e. The maximum Gasteiger partial charge on any atom is 0.223 e. The van der Waals surface area contributed by atoms with Crippen LogP contribution in [0.4, 0.5) is 0 Å². The monoisotopic (exact) mass is 487 g/mol. The van der Waals surface area contributed by atoms with Gasteiger partial charge in [0.25, 0.3) is 0 Å². The first-order valence-corrected chi connectivity index (χ1v) is 12.6. The molecule has 0 unspecified atom stereocenters. The van der Waals surface area contributed by atoms with Crippen LogP contribution in [-0.4, -0.2) is 76.0 Å². The van der Waals surface area contributed by atoms with E-state index in [-0.39, 0.29) is 17.6 Å². The molecule has 1 N–H and O–H groups in total. The van der Waals surface area contributed by atoms with Crippen molar-refractivity contribution in [3.05, 3.63) is 34.3 Å². The van der Waals surface area contributed by atoms with E-state index in [1.165, 1.54) is 4.31 Å². The third kappa shape index (κ3) is 7.03. The van der Waals surface area contributed by atoms with Crippen LogP contribution in [0.2, 0.25) is 0 Å². The van der Waals surface area contributed by atoms with Gasteiger partial charge in [-0.3, -0.25) is 9.69 Å². The Morgan fingerprint density at radius 1 is 1.17 bits per heavy atom. The summed E-state index contributed by atoms with van der Waals surface area (Å²) in [5.74, 6) is -0.0584. The normalized spacial score (nSPS) is 19.9. The third-order valence-electron chi connectivity index (χ3n) is 5.51. The molecule has 29 heavy (non-hydrogen) atoms. The van der Waals surface area contributed by atoms with Gasteiger partial charge in [-0.15, -0.1) is 0 Å². The zero-order valence-electron chi connectivity index (χ0n) is 16.7. The van der Waals surface area contributed by atoms with Crippen LogP contribution >= 0.6 is 15.9 Å². The summed E-state index contributed by atoms with van der Waals surface area (Å²) in [5.41, 5.74) is 0.763. The van der Waals surface area contributed by atoms with Gasteiger partial charge in [-0.25, -0.2) is 12.7 Å². The van der Waals surface area contributed by atoms with Gasteiger partial charge in [0.05, 0.1) is 19.0 Å². The highest BCUT2D eigenvalue weighted by atomic mass is 79.9. The highest BCUT2D eigenvalue weighted by molar-refractivity contribution is 9.10. The van der Waals surface area contributed by atoms with Gasteiger partial charge in [0.2, 0.25) is 15.9 Å².